The molecule has 0 aliphatic carbocycles. The van der Waals surface area contributed by atoms with Crippen molar-refractivity contribution >= 4 is 17.0 Å². The van der Waals surface area contributed by atoms with E-state index in [1.807, 2.05) is 0 Å². The minimum atomic E-state index is -2.06. The first-order valence-corrected chi connectivity index (χ1v) is 5.57. The molecule has 4 N–H and O–H groups in total. The van der Waals surface area contributed by atoms with Crippen molar-refractivity contribution in [1.29, 1.82) is 0 Å². The summed E-state index contributed by atoms with van der Waals surface area (Å²) in [6.45, 7) is -0.267. The molecule has 1 aliphatic rings. The summed E-state index contributed by atoms with van der Waals surface area (Å²) in [6, 6.07) is 0. The van der Waals surface area contributed by atoms with Crippen LogP contribution in [0.5, 0.6) is 0 Å². The molecule has 2 aromatic rings. The number of imidazole rings is 1. The molecule has 0 amide bonds. The van der Waals surface area contributed by atoms with Crippen LogP contribution < -0.4 is 5.73 Å². The Morgan fingerprint density at radius 2 is 2.26 bits per heavy atom. The monoisotopic (exact) mass is 267 g/mol. The molecular weight excluding hydrogens is 254 g/mol. The lowest BCUT2D eigenvalue weighted by Gasteiger charge is -2.24. The van der Waals surface area contributed by atoms with Gasteiger partial charge in [-0.2, -0.15) is 0 Å². The predicted molar refractivity (Wildman–Crippen MR) is 62.7 cm³/mol. The van der Waals surface area contributed by atoms with E-state index in [-0.39, 0.29) is 12.4 Å². The molecule has 9 heteroatoms. The van der Waals surface area contributed by atoms with Crippen LogP contribution in [0.2, 0.25) is 0 Å². The second-order valence-corrected chi connectivity index (χ2v) is 4.32. The maximum atomic E-state index is 9.76. The van der Waals surface area contributed by atoms with Gasteiger partial charge in [-0.05, 0) is 0 Å². The van der Waals surface area contributed by atoms with Gasteiger partial charge in [-0.1, -0.05) is 0 Å². The van der Waals surface area contributed by atoms with Gasteiger partial charge in [0.05, 0.1) is 6.33 Å². The molecule has 19 heavy (non-hydrogen) atoms. The first-order valence-electron chi connectivity index (χ1n) is 5.57. The van der Waals surface area contributed by atoms with Gasteiger partial charge in [-0.25, -0.2) is 15.0 Å². The van der Waals surface area contributed by atoms with Gasteiger partial charge < -0.3 is 25.4 Å². The van der Waals surface area contributed by atoms with E-state index in [4.69, 9.17) is 15.2 Å². The van der Waals surface area contributed by atoms with Crippen LogP contribution in [0.4, 0.5) is 5.82 Å². The van der Waals surface area contributed by atoms with Gasteiger partial charge in [0.15, 0.2) is 23.8 Å². The molecule has 1 saturated heterocycles. The Balaban J connectivity index is 2.08. The van der Waals surface area contributed by atoms with E-state index in [0.29, 0.717) is 11.2 Å². The molecule has 3 heterocycles. The van der Waals surface area contributed by atoms with Crippen molar-refractivity contribution in [2.75, 3.05) is 19.5 Å². The number of hydrogen-bond donors (Lipinski definition) is 3. The van der Waals surface area contributed by atoms with Gasteiger partial charge in [0.1, 0.15) is 18.5 Å². The minimum Gasteiger partial charge on any atom is -0.382 e. The smallest absolute Gasteiger partial charge is 0.218 e. The molecule has 2 aromatic heterocycles. The van der Waals surface area contributed by atoms with Crippen LogP contribution in [0.1, 0.15) is 6.23 Å². The second kappa shape index (κ2) is 4.10. The number of aromatic nitrogens is 4. The fourth-order valence-corrected chi connectivity index (χ4v) is 2.19. The lowest BCUT2D eigenvalue weighted by molar-refractivity contribution is -0.213. The Bertz CT molecular complexity index is 613. The zero-order valence-electron chi connectivity index (χ0n) is 10.1. The van der Waals surface area contributed by atoms with Crippen molar-refractivity contribution in [1.82, 2.24) is 19.5 Å². The summed E-state index contributed by atoms with van der Waals surface area (Å²) in [4.78, 5) is 12.0. The lowest BCUT2D eigenvalue weighted by atomic mass is 10.1. The molecule has 2 atom stereocenters. The zero-order chi connectivity index (χ0) is 13.6. The number of anilines is 1. The largest absolute Gasteiger partial charge is 0.382 e. The van der Waals surface area contributed by atoms with Crippen LogP contribution in [-0.2, 0) is 9.47 Å². The minimum absolute atomic E-state index is 0.245. The molecule has 0 radical (unpaired) electrons. The Labute approximate surface area is 107 Å². The van der Waals surface area contributed by atoms with Gasteiger partial charge >= 0.3 is 0 Å². The van der Waals surface area contributed by atoms with Crippen LogP contribution in [0, 0.1) is 0 Å². The van der Waals surface area contributed by atoms with Crippen LogP contribution in [-0.4, -0.2) is 55.3 Å². The van der Waals surface area contributed by atoms with E-state index in [9.17, 15) is 10.2 Å². The van der Waals surface area contributed by atoms with Gasteiger partial charge in [-0.3, -0.25) is 4.57 Å². The number of rotatable bonds is 2. The van der Waals surface area contributed by atoms with Crippen LogP contribution in [0.15, 0.2) is 12.7 Å². The van der Waals surface area contributed by atoms with E-state index >= 15 is 0 Å². The van der Waals surface area contributed by atoms with Crippen molar-refractivity contribution in [3.05, 3.63) is 12.7 Å². The summed E-state index contributed by atoms with van der Waals surface area (Å²) in [7, 11) is 1.37. The van der Waals surface area contributed by atoms with Crippen LogP contribution in [0.25, 0.3) is 11.2 Å². The predicted octanol–water partition coefficient (Wildman–Crippen LogP) is -1.37. The van der Waals surface area contributed by atoms with Gasteiger partial charge in [0.2, 0.25) is 5.79 Å². The fourth-order valence-electron chi connectivity index (χ4n) is 2.19. The summed E-state index contributed by atoms with van der Waals surface area (Å²) in [5, 5.41) is 19.5. The molecule has 0 spiro atoms. The molecule has 9 nitrogen and oxygen atoms in total. The number of nitrogens with two attached hydrogens (primary N) is 1. The molecule has 1 aliphatic heterocycles. The first-order chi connectivity index (χ1) is 9.04. The molecule has 0 unspecified atom stereocenters. The number of methoxy groups -OCH3 is 1. The number of nitrogen functional groups attached to an aromatic ring is 1. The average Bonchev–Trinajstić information content (AvgIpc) is 2.90. The van der Waals surface area contributed by atoms with Crippen molar-refractivity contribution in [3.63, 3.8) is 0 Å². The molecule has 3 rings (SSSR count). The molecule has 0 bridgehead atoms. The topological polar surface area (TPSA) is 129 Å². The van der Waals surface area contributed by atoms with Gasteiger partial charge in [0.25, 0.3) is 0 Å². The number of aliphatic hydroxyl groups is 2. The molecule has 102 valence electrons. The van der Waals surface area contributed by atoms with E-state index in [1.165, 1.54) is 24.3 Å². The highest BCUT2D eigenvalue weighted by Gasteiger charge is 2.49. The number of ether oxygens (including phenoxy) is 2. The highest BCUT2D eigenvalue weighted by atomic mass is 16.6. The number of hydrogen-bond acceptors (Lipinski definition) is 8. The summed E-state index contributed by atoms with van der Waals surface area (Å²) in [6.07, 6.45) is 1.05. The summed E-state index contributed by atoms with van der Waals surface area (Å²) < 4.78 is 12.0. The van der Waals surface area contributed by atoms with Gasteiger partial charge in [0, 0.05) is 7.11 Å². The molecule has 0 aromatic carbocycles. The third-order valence-corrected chi connectivity index (χ3v) is 3.10. The van der Waals surface area contributed by atoms with Crippen molar-refractivity contribution in [3.8, 4) is 0 Å². The van der Waals surface area contributed by atoms with E-state index in [2.05, 4.69) is 15.0 Å². The van der Waals surface area contributed by atoms with E-state index < -0.39 is 18.1 Å². The van der Waals surface area contributed by atoms with Crippen molar-refractivity contribution < 1.29 is 19.7 Å². The van der Waals surface area contributed by atoms with E-state index in [1.54, 1.807) is 0 Å². The highest BCUT2D eigenvalue weighted by molar-refractivity contribution is 5.81. The Hall–Kier alpha value is -1.81. The fraction of sp³-hybridized carbons (Fsp3) is 0.500. The van der Waals surface area contributed by atoms with Crippen LogP contribution >= 0.6 is 0 Å². The Morgan fingerprint density at radius 1 is 1.47 bits per heavy atom. The standard InChI is InChI=1S/C10H13N5O4/c1-18-6-9(19-2-10(6,16)17)15-4-14-5-7(11)12-3-13-8(5)15/h3-4,6,9,16-17H,2H2,1H3,(H2,11,12,13)/t6-,9+/m0/s1. The normalized spacial score (nSPS) is 26.1. The zero-order valence-corrected chi connectivity index (χ0v) is 10.1. The SMILES string of the molecule is CO[C@H]1[C@H](n2cnc3c(N)ncnc32)OCC1(O)O. The maximum absolute atomic E-state index is 9.76. The summed E-state index contributed by atoms with van der Waals surface area (Å²) >= 11 is 0. The highest BCUT2D eigenvalue weighted by Crippen LogP contribution is 2.34. The Morgan fingerprint density at radius 3 is 3.00 bits per heavy atom. The van der Waals surface area contributed by atoms with Crippen molar-refractivity contribution in [2.45, 2.75) is 18.1 Å². The van der Waals surface area contributed by atoms with E-state index in [0.717, 1.165) is 0 Å². The third kappa shape index (κ3) is 1.75. The summed E-state index contributed by atoms with van der Waals surface area (Å²) in [5.41, 5.74) is 6.56. The van der Waals surface area contributed by atoms with Crippen molar-refractivity contribution in [2.24, 2.45) is 0 Å². The number of nitrogens with zero attached hydrogens (tertiary/aromatic N) is 4. The molecular formula is C10H13N5O4. The first kappa shape index (κ1) is 12.2. The molecule has 1 fully saturated rings. The average molecular weight is 267 g/mol. The van der Waals surface area contributed by atoms with Gasteiger partial charge in [-0.15, -0.1) is 0 Å². The molecule has 0 saturated carbocycles. The van der Waals surface area contributed by atoms with Crippen LogP contribution in [0.3, 0.4) is 0 Å². The third-order valence-electron chi connectivity index (χ3n) is 3.10. The second-order valence-electron chi connectivity index (χ2n) is 4.32. The number of fused-ring (bicyclic) bond motifs is 1. The quantitative estimate of drug-likeness (QED) is 0.569. The summed E-state index contributed by atoms with van der Waals surface area (Å²) in [5.74, 6) is -1.82. The maximum Gasteiger partial charge on any atom is 0.218 e. The Kier molecular flexibility index (Phi) is 2.64. The lowest BCUT2D eigenvalue weighted by Crippen LogP contribution is -2.43.